The number of ether oxygens (including phenoxy) is 2. The number of amides is 2. The van der Waals surface area contributed by atoms with Gasteiger partial charge in [-0.15, -0.1) is 0 Å². The van der Waals surface area contributed by atoms with E-state index in [0.29, 0.717) is 29.6 Å². The molecule has 1 fully saturated rings. The molecule has 0 spiro atoms. The highest BCUT2D eigenvalue weighted by atomic mass is 127. The van der Waals surface area contributed by atoms with Crippen molar-refractivity contribution in [2.45, 2.75) is 20.0 Å². The van der Waals surface area contributed by atoms with Crippen molar-refractivity contribution in [3.05, 3.63) is 59.6 Å². The zero-order valence-electron chi connectivity index (χ0n) is 15.9. The molecule has 2 aromatic carbocycles. The van der Waals surface area contributed by atoms with Crippen LogP contribution in [0.15, 0.2) is 41.3 Å². The summed E-state index contributed by atoms with van der Waals surface area (Å²) in [6.45, 7) is 2.81. The van der Waals surface area contributed by atoms with E-state index in [1.807, 2.05) is 43.3 Å². The van der Waals surface area contributed by atoms with E-state index in [1.165, 1.54) is 8.47 Å². The molecule has 0 radical (unpaired) electrons. The average molecular weight is 635 g/mol. The van der Waals surface area contributed by atoms with E-state index >= 15 is 0 Å². The molecule has 1 aliphatic heterocycles. The van der Waals surface area contributed by atoms with Crippen LogP contribution in [0.3, 0.4) is 0 Å². The zero-order valence-corrected chi connectivity index (χ0v) is 21.0. The molecule has 0 atom stereocenters. The number of rotatable bonds is 7. The number of halogens is 2. The SMILES string of the molecule is CCCN1C(=O)S/C(=C/c2cc(I)c(OCc3ccc(I)cc3)c(OC)c2)C1=O. The number of methoxy groups -OCH3 is 1. The van der Waals surface area contributed by atoms with Crippen LogP contribution in [0.1, 0.15) is 24.5 Å². The Labute approximate surface area is 201 Å². The second kappa shape index (κ2) is 10.2. The molecule has 0 bridgehead atoms. The Bertz CT molecular complexity index is 960. The lowest BCUT2D eigenvalue weighted by atomic mass is 10.1. The minimum atomic E-state index is -0.241. The third-order valence-electron chi connectivity index (χ3n) is 4.17. The summed E-state index contributed by atoms with van der Waals surface area (Å²) < 4.78 is 13.6. The molecule has 2 amide bonds. The number of thioether (sulfide) groups is 1. The summed E-state index contributed by atoms with van der Waals surface area (Å²) >= 11 is 5.43. The highest BCUT2D eigenvalue weighted by Gasteiger charge is 2.34. The molecule has 3 rings (SSSR count). The van der Waals surface area contributed by atoms with Crippen molar-refractivity contribution < 1.29 is 19.1 Å². The fourth-order valence-electron chi connectivity index (χ4n) is 2.77. The van der Waals surface area contributed by atoms with Crippen LogP contribution in [-0.2, 0) is 11.4 Å². The largest absolute Gasteiger partial charge is 0.493 e. The van der Waals surface area contributed by atoms with Gasteiger partial charge in [0.05, 0.1) is 15.6 Å². The molecule has 0 N–H and O–H groups in total. The van der Waals surface area contributed by atoms with Gasteiger partial charge in [0.25, 0.3) is 11.1 Å². The van der Waals surface area contributed by atoms with Gasteiger partial charge >= 0.3 is 0 Å². The lowest BCUT2D eigenvalue weighted by molar-refractivity contribution is -0.122. The number of carbonyl (C=O) groups is 2. The number of nitrogens with zero attached hydrogens (tertiary/aromatic N) is 1. The Kier molecular flexibility index (Phi) is 7.85. The van der Waals surface area contributed by atoms with Gasteiger partial charge in [0.15, 0.2) is 11.5 Å². The van der Waals surface area contributed by atoms with E-state index in [-0.39, 0.29) is 11.1 Å². The number of imide groups is 1. The predicted molar refractivity (Wildman–Crippen MR) is 132 cm³/mol. The van der Waals surface area contributed by atoms with Gasteiger partial charge in [0.1, 0.15) is 6.61 Å². The maximum Gasteiger partial charge on any atom is 0.293 e. The van der Waals surface area contributed by atoms with E-state index < -0.39 is 0 Å². The topological polar surface area (TPSA) is 55.8 Å². The van der Waals surface area contributed by atoms with Crippen LogP contribution in [0.25, 0.3) is 6.08 Å². The molecular formula is C21H19I2NO4S. The van der Waals surface area contributed by atoms with Gasteiger partial charge in [-0.1, -0.05) is 19.1 Å². The van der Waals surface area contributed by atoms with E-state index in [2.05, 4.69) is 45.2 Å². The lowest BCUT2D eigenvalue weighted by Crippen LogP contribution is -2.28. The van der Waals surface area contributed by atoms with Gasteiger partial charge in [-0.2, -0.15) is 0 Å². The summed E-state index contributed by atoms with van der Waals surface area (Å²) in [6, 6.07) is 11.9. The van der Waals surface area contributed by atoms with Crippen LogP contribution in [0.5, 0.6) is 11.5 Å². The molecule has 0 aromatic heterocycles. The smallest absolute Gasteiger partial charge is 0.293 e. The van der Waals surface area contributed by atoms with Crippen molar-refractivity contribution in [2.75, 3.05) is 13.7 Å². The van der Waals surface area contributed by atoms with Crippen molar-refractivity contribution in [2.24, 2.45) is 0 Å². The third kappa shape index (κ3) is 5.46. The zero-order chi connectivity index (χ0) is 21.0. The third-order valence-corrected chi connectivity index (χ3v) is 6.59. The Morgan fingerprint density at radius 1 is 1.14 bits per heavy atom. The predicted octanol–water partition coefficient (Wildman–Crippen LogP) is 5.93. The van der Waals surface area contributed by atoms with Crippen LogP contribution < -0.4 is 9.47 Å². The van der Waals surface area contributed by atoms with Crippen molar-refractivity contribution in [3.8, 4) is 11.5 Å². The first-order valence-electron chi connectivity index (χ1n) is 8.93. The second-order valence-corrected chi connectivity index (χ2v) is 9.68. The first kappa shape index (κ1) is 22.4. The molecule has 1 saturated heterocycles. The van der Waals surface area contributed by atoms with Crippen molar-refractivity contribution in [1.82, 2.24) is 4.90 Å². The molecule has 29 heavy (non-hydrogen) atoms. The van der Waals surface area contributed by atoms with Crippen molar-refractivity contribution >= 4 is 74.2 Å². The first-order valence-corrected chi connectivity index (χ1v) is 11.9. The normalized spacial score (nSPS) is 15.3. The Morgan fingerprint density at radius 2 is 1.86 bits per heavy atom. The number of hydrogen-bond donors (Lipinski definition) is 0. The maximum absolute atomic E-state index is 12.5. The van der Waals surface area contributed by atoms with Gasteiger partial charge in [-0.25, -0.2) is 0 Å². The molecule has 152 valence electrons. The van der Waals surface area contributed by atoms with E-state index in [4.69, 9.17) is 9.47 Å². The number of benzene rings is 2. The van der Waals surface area contributed by atoms with Gasteiger partial charge in [0.2, 0.25) is 0 Å². The van der Waals surface area contributed by atoms with Crippen LogP contribution in [0, 0.1) is 7.14 Å². The number of hydrogen-bond acceptors (Lipinski definition) is 5. The van der Waals surface area contributed by atoms with E-state index in [1.54, 1.807) is 13.2 Å². The van der Waals surface area contributed by atoms with Gasteiger partial charge in [-0.05, 0) is 105 Å². The summed E-state index contributed by atoms with van der Waals surface area (Å²) in [6.07, 6.45) is 2.47. The molecule has 1 aliphatic rings. The highest BCUT2D eigenvalue weighted by molar-refractivity contribution is 14.1. The standard InChI is InChI=1S/C21H19I2NO4S/c1-3-8-24-20(25)18(29-21(24)26)11-14-9-16(23)19(17(10-14)27-2)28-12-13-4-6-15(22)7-5-13/h4-7,9-11H,3,8,12H2,1-2H3/b18-11+. The van der Waals surface area contributed by atoms with Crippen LogP contribution in [0.2, 0.25) is 0 Å². The Hall–Kier alpha value is -1.27. The Morgan fingerprint density at radius 3 is 2.52 bits per heavy atom. The maximum atomic E-state index is 12.5. The van der Waals surface area contributed by atoms with Gasteiger partial charge in [-0.3, -0.25) is 14.5 Å². The summed E-state index contributed by atoms with van der Waals surface area (Å²) in [7, 11) is 1.59. The van der Waals surface area contributed by atoms with Crippen LogP contribution in [-0.4, -0.2) is 29.7 Å². The van der Waals surface area contributed by atoms with E-state index in [0.717, 1.165) is 32.9 Å². The lowest BCUT2D eigenvalue weighted by Gasteiger charge is -2.14. The first-order chi connectivity index (χ1) is 13.9. The van der Waals surface area contributed by atoms with Gasteiger partial charge < -0.3 is 9.47 Å². The second-order valence-electron chi connectivity index (χ2n) is 6.28. The Balaban J connectivity index is 1.82. The molecule has 0 aliphatic carbocycles. The average Bonchev–Trinajstić information content (AvgIpc) is 2.96. The monoisotopic (exact) mass is 635 g/mol. The summed E-state index contributed by atoms with van der Waals surface area (Å²) in [5, 5.41) is -0.220. The minimum absolute atomic E-state index is 0.220. The van der Waals surface area contributed by atoms with Crippen molar-refractivity contribution in [3.63, 3.8) is 0 Å². The summed E-state index contributed by atoms with van der Waals surface area (Å²) in [4.78, 5) is 26.2. The van der Waals surface area contributed by atoms with Crippen molar-refractivity contribution in [1.29, 1.82) is 0 Å². The molecular weight excluding hydrogens is 616 g/mol. The summed E-state index contributed by atoms with van der Waals surface area (Å²) in [5.41, 5.74) is 1.85. The highest BCUT2D eigenvalue weighted by Crippen LogP contribution is 2.37. The molecule has 2 aromatic rings. The molecule has 1 heterocycles. The minimum Gasteiger partial charge on any atom is -0.493 e. The molecule has 5 nitrogen and oxygen atoms in total. The van der Waals surface area contributed by atoms with Gasteiger partial charge in [0, 0.05) is 10.1 Å². The fraction of sp³-hybridized carbons (Fsp3) is 0.238. The summed E-state index contributed by atoms with van der Waals surface area (Å²) in [5.74, 6) is 0.999. The molecule has 0 saturated carbocycles. The molecule has 0 unspecified atom stereocenters. The number of carbonyl (C=O) groups excluding carboxylic acids is 2. The van der Waals surface area contributed by atoms with E-state index in [9.17, 15) is 9.59 Å². The van der Waals surface area contributed by atoms with Crippen LogP contribution in [0.4, 0.5) is 4.79 Å². The quantitative estimate of drug-likeness (QED) is 0.279. The molecule has 8 heteroatoms. The van der Waals surface area contributed by atoms with Crippen LogP contribution >= 0.6 is 56.9 Å². The fourth-order valence-corrected chi connectivity index (χ4v) is 4.77.